The van der Waals surface area contributed by atoms with Gasteiger partial charge in [-0.1, -0.05) is 13.8 Å². The monoisotopic (exact) mass is 292 g/mol. The van der Waals surface area contributed by atoms with Crippen molar-refractivity contribution in [2.24, 2.45) is 5.92 Å². The summed E-state index contributed by atoms with van der Waals surface area (Å²) in [6.07, 6.45) is 3.14. The first-order chi connectivity index (χ1) is 9.90. The minimum absolute atomic E-state index is 0.716. The largest absolute Gasteiger partial charge is 0.316 e. The van der Waals surface area contributed by atoms with Crippen LogP contribution >= 0.6 is 0 Å². The lowest BCUT2D eigenvalue weighted by Gasteiger charge is -2.13. The van der Waals surface area contributed by atoms with Crippen LogP contribution in [0.15, 0.2) is 0 Å². The van der Waals surface area contributed by atoms with Crippen molar-refractivity contribution in [3.63, 3.8) is 0 Å². The lowest BCUT2D eigenvalue weighted by atomic mass is 10.1. The Hall–Kier alpha value is -1.00. The first-order valence-electron chi connectivity index (χ1n) is 8.08. The summed E-state index contributed by atoms with van der Waals surface area (Å²) in [7, 11) is 4.16. The van der Waals surface area contributed by atoms with Gasteiger partial charge < -0.3 is 10.2 Å². The van der Waals surface area contributed by atoms with Crippen LogP contribution in [0, 0.1) is 19.8 Å². The smallest absolute Gasteiger partial charge is 0.130 e. The topological polar surface area (TPSA) is 41.1 Å². The second kappa shape index (κ2) is 9.11. The van der Waals surface area contributed by atoms with Crippen LogP contribution in [-0.4, -0.2) is 48.6 Å². The van der Waals surface area contributed by atoms with Crippen molar-refractivity contribution in [1.29, 1.82) is 0 Å². The molecule has 0 bridgehead atoms. The molecule has 0 unspecified atom stereocenters. The first kappa shape index (κ1) is 18.1. The molecule has 0 aliphatic heterocycles. The summed E-state index contributed by atoms with van der Waals surface area (Å²) in [6.45, 7) is 11.9. The van der Waals surface area contributed by atoms with Crippen LogP contribution in [0.4, 0.5) is 0 Å². The molecular formula is C17H32N4. The molecule has 1 aromatic rings. The maximum atomic E-state index is 4.67. The Labute approximate surface area is 130 Å². The van der Waals surface area contributed by atoms with Gasteiger partial charge in [-0.15, -0.1) is 0 Å². The summed E-state index contributed by atoms with van der Waals surface area (Å²) in [5, 5.41) is 3.49. The minimum Gasteiger partial charge on any atom is -0.316 e. The van der Waals surface area contributed by atoms with Gasteiger partial charge in [0.25, 0.3) is 0 Å². The fraction of sp³-hybridized carbons (Fsp3) is 0.765. The van der Waals surface area contributed by atoms with E-state index in [1.54, 1.807) is 0 Å². The van der Waals surface area contributed by atoms with Crippen molar-refractivity contribution in [2.45, 2.75) is 47.0 Å². The van der Waals surface area contributed by atoms with Crippen LogP contribution in [-0.2, 0) is 12.8 Å². The van der Waals surface area contributed by atoms with E-state index in [0.29, 0.717) is 5.92 Å². The first-order valence-corrected chi connectivity index (χ1v) is 8.08. The molecule has 1 heterocycles. The van der Waals surface area contributed by atoms with E-state index >= 15 is 0 Å². The average molecular weight is 292 g/mol. The summed E-state index contributed by atoms with van der Waals surface area (Å²) in [5.74, 6) is 1.69. The van der Waals surface area contributed by atoms with Crippen molar-refractivity contribution in [1.82, 2.24) is 20.2 Å². The predicted molar refractivity (Wildman–Crippen MR) is 89.8 cm³/mol. The molecule has 0 spiro atoms. The molecule has 0 radical (unpaired) electrons. The highest BCUT2D eigenvalue weighted by atomic mass is 15.1. The summed E-state index contributed by atoms with van der Waals surface area (Å²) < 4.78 is 0. The molecule has 4 nitrogen and oxygen atoms in total. The zero-order chi connectivity index (χ0) is 15.8. The molecule has 0 saturated carbocycles. The lowest BCUT2D eigenvalue weighted by Crippen LogP contribution is -2.21. The molecule has 0 atom stereocenters. The Balaban J connectivity index is 2.51. The standard InChI is InChI=1S/C17H32N4/c1-13(2)12-18-10-7-8-16-14(3)19-17(20-15(16)4)9-11-21(5)6/h13,18H,7-12H2,1-6H3. The third-order valence-corrected chi connectivity index (χ3v) is 3.58. The van der Waals surface area contributed by atoms with Gasteiger partial charge in [0.05, 0.1) is 0 Å². The van der Waals surface area contributed by atoms with Gasteiger partial charge in [-0.05, 0) is 65.4 Å². The maximum absolute atomic E-state index is 4.67. The van der Waals surface area contributed by atoms with E-state index in [0.717, 1.165) is 56.1 Å². The van der Waals surface area contributed by atoms with Gasteiger partial charge in [-0.3, -0.25) is 0 Å². The molecule has 21 heavy (non-hydrogen) atoms. The highest BCUT2D eigenvalue weighted by Crippen LogP contribution is 2.13. The molecule has 0 fully saturated rings. The van der Waals surface area contributed by atoms with Crippen molar-refractivity contribution in [3.8, 4) is 0 Å². The summed E-state index contributed by atoms with van der Waals surface area (Å²) in [5.41, 5.74) is 3.63. The van der Waals surface area contributed by atoms with Gasteiger partial charge in [0.1, 0.15) is 5.82 Å². The molecule has 0 aliphatic rings. The molecule has 0 amide bonds. The molecule has 120 valence electrons. The summed E-state index contributed by atoms with van der Waals surface area (Å²) in [4.78, 5) is 11.5. The SMILES string of the molecule is Cc1nc(CCN(C)C)nc(C)c1CCCNCC(C)C. The lowest BCUT2D eigenvalue weighted by molar-refractivity contribution is 0.409. The Morgan fingerprint density at radius 2 is 1.67 bits per heavy atom. The molecule has 0 aliphatic carbocycles. The number of likely N-dealkylation sites (N-methyl/N-ethyl adjacent to an activating group) is 1. The average Bonchev–Trinajstić information content (AvgIpc) is 2.38. The number of rotatable bonds is 9. The van der Waals surface area contributed by atoms with Crippen molar-refractivity contribution in [3.05, 3.63) is 22.8 Å². The molecular weight excluding hydrogens is 260 g/mol. The van der Waals surface area contributed by atoms with Gasteiger partial charge in [0, 0.05) is 24.4 Å². The quantitative estimate of drug-likeness (QED) is 0.710. The van der Waals surface area contributed by atoms with E-state index < -0.39 is 0 Å². The Morgan fingerprint density at radius 1 is 1.05 bits per heavy atom. The van der Waals surface area contributed by atoms with Gasteiger partial charge >= 0.3 is 0 Å². The van der Waals surface area contributed by atoms with Gasteiger partial charge in [0.2, 0.25) is 0 Å². The Kier molecular flexibility index (Phi) is 7.83. The Bertz CT molecular complexity index is 404. The zero-order valence-electron chi connectivity index (χ0n) is 14.7. The number of nitrogens with zero attached hydrogens (tertiary/aromatic N) is 3. The molecule has 1 rings (SSSR count). The van der Waals surface area contributed by atoms with Crippen molar-refractivity contribution >= 4 is 0 Å². The van der Waals surface area contributed by atoms with Gasteiger partial charge in [0.15, 0.2) is 0 Å². The molecule has 4 heteroatoms. The fourth-order valence-electron chi connectivity index (χ4n) is 2.39. The van der Waals surface area contributed by atoms with Crippen LogP contribution < -0.4 is 5.32 Å². The summed E-state index contributed by atoms with van der Waals surface area (Å²) in [6, 6.07) is 0. The van der Waals surface area contributed by atoms with E-state index in [4.69, 9.17) is 0 Å². The van der Waals surface area contributed by atoms with Crippen molar-refractivity contribution in [2.75, 3.05) is 33.7 Å². The highest BCUT2D eigenvalue weighted by molar-refractivity contribution is 5.24. The highest BCUT2D eigenvalue weighted by Gasteiger charge is 2.08. The van der Waals surface area contributed by atoms with E-state index in [1.165, 1.54) is 5.56 Å². The fourth-order valence-corrected chi connectivity index (χ4v) is 2.39. The van der Waals surface area contributed by atoms with Gasteiger partial charge in [-0.2, -0.15) is 0 Å². The van der Waals surface area contributed by atoms with E-state index in [9.17, 15) is 0 Å². The van der Waals surface area contributed by atoms with Crippen LogP contribution in [0.25, 0.3) is 0 Å². The minimum atomic E-state index is 0.716. The maximum Gasteiger partial charge on any atom is 0.130 e. The third-order valence-electron chi connectivity index (χ3n) is 3.58. The summed E-state index contributed by atoms with van der Waals surface area (Å²) >= 11 is 0. The van der Waals surface area contributed by atoms with Crippen molar-refractivity contribution < 1.29 is 0 Å². The van der Waals surface area contributed by atoms with Crippen LogP contribution in [0.3, 0.4) is 0 Å². The van der Waals surface area contributed by atoms with Gasteiger partial charge in [-0.25, -0.2) is 9.97 Å². The van der Waals surface area contributed by atoms with Crippen LogP contribution in [0.2, 0.25) is 0 Å². The second-order valence-electron chi connectivity index (χ2n) is 6.54. The van der Waals surface area contributed by atoms with E-state index in [1.807, 2.05) is 0 Å². The molecule has 0 aromatic carbocycles. The molecule has 1 N–H and O–H groups in total. The zero-order valence-corrected chi connectivity index (χ0v) is 14.7. The predicted octanol–water partition coefficient (Wildman–Crippen LogP) is 2.38. The number of hydrogen-bond donors (Lipinski definition) is 1. The van der Waals surface area contributed by atoms with Crippen LogP contribution in [0.1, 0.15) is 43.0 Å². The third kappa shape index (κ3) is 7.00. The molecule has 0 saturated heterocycles. The van der Waals surface area contributed by atoms with E-state index in [2.05, 4.69) is 62.0 Å². The van der Waals surface area contributed by atoms with E-state index in [-0.39, 0.29) is 0 Å². The van der Waals surface area contributed by atoms with Crippen LogP contribution in [0.5, 0.6) is 0 Å². The number of aryl methyl sites for hydroxylation is 2. The number of nitrogens with one attached hydrogen (secondary N) is 1. The number of hydrogen-bond acceptors (Lipinski definition) is 4. The Morgan fingerprint density at radius 3 is 2.19 bits per heavy atom. The second-order valence-corrected chi connectivity index (χ2v) is 6.54. The normalized spacial score (nSPS) is 11.6. The molecule has 1 aromatic heterocycles. The number of aromatic nitrogens is 2.